The number of esters is 1. The van der Waals surface area contributed by atoms with Gasteiger partial charge in [-0.15, -0.1) is 26.3 Å². The van der Waals surface area contributed by atoms with Gasteiger partial charge < -0.3 is 29.6 Å². The Hall–Kier alpha value is -4.83. The normalized spacial score (nSPS) is 16.9. The molecule has 4 rings (SSSR count). The number of ether oxygens (including phenoxy) is 4. The Morgan fingerprint density at radius 1 is 0.765 bits per heavy atom. The number of halogens is 9. The maximum absolute atomic E-state index is 13.2. The van der Waals surface area contributed by atoms with E-state index in [1.54, 1.807) is 5.32 Å². The van der Waals surface area contributed by atoms with Gasteiger partial charge in [0.05, 0.1) is 25.2 Å². The molecule has 3 aromatic carbocycles. The van der Waals surface area contributed by atoms with Crippen LogP contribution >= 0.6 is 0 Å². The molecule has 2 N–H and O–H groups in total. The van der Waals surface area contributed by atoms with E-state index in [4.69, 9.17) is 9.47 Å². The Labute approximate surface area is 286 Å². The molecule has 0 radical (unpaired) electrons. The highest BCUT2D eigenvalue weighted by molar-refractivity contribution is 5.76. The molecule has 51 heavy (non-hydrogen) atoms. The summed E-state index contributed by atoms with van der Waals surface area (Å²) >= 11 is 0. The van der Waals surface area contributed by atoms with Crippen molar-refractivity contribution in [2.45, 2.75) is 56.5 Å². The lowest BCUT2D eigenvalue weighted by molar-refractivity contribution is -0.275. The van der Waals surface area contributed by atoms with Crippen LogP contribution in [0.4, 0.5) is 44.3 Å². The van der Waals surface area contributed by atoms with Crippen molar-refractivity contribution in [2.24, 2.45) is 11.8 Å². The fourth-order valence-corrected chi connectivity index (χ4v) is 5.94. The zero-order valence-electron chi connectivity index (χ0n) is 26.9. The van der Waals surface area contributed by atoms with Crippen LogP contribution in [0.25, 0.3) is 0 Å². The Kier molecular flexibility index (Phi) is 12.2. The predicted molar refractivity (Wildman–Crippen MR) is 163 cm³/mol. The third-order valence-electron chi connectivity index (χ3n) is 8.09. The van der Waals surface area contributed by atoms with Gasteiger partial charge in [0.15, 0.2) is 0 Å². The Morgan fingerprint density at radius 3 is 1.84 bits per heavy atom. The van der Waals surface area contributed by atoms with E-state index in [2.05, 4.69) is 14.8 Å². The number of carbonyl (C=O) groups excluding carboxylic acids is 2. The van der Waals surface area contributed by atoms with Crippen LogP contribution in [0.2, 0.25) is 0 Å². The van der Waals surface area contributed by atoms with Gasteiger partial charge >= 0.3 is 30.9 Å². The van der Waals surface area contributed by atoms with Crippen LogP contribution in [0.3, 0.4) is 0 Å². The van der Waals surface area contributed by atoms with Gasteiger partial charge in [-0.3, -0.25) is 4.79 Å². The molecular weight excluding hydrogens is 703 g/mol. The molecule has 0 saturated heterocycles. The summed E-state index contributed by atoms with van der Waals surface area (Å²) in [4.78, 5) is 25.0. The highest BCUT2D eigenvalue weighted by atomic mass is 19.4. The van der Waals surface area contributed by atoms with Gasteiger partial charge in [0.2, 0.25) is 0 Å². The molecule has 1 aliphatic carbocycles. The van der Waals surface area contributed by atoms with E-state index >= 15 is 0 Å². The number of hydrogen-bond acceptors (Lipinski definition) is 6. The second kappa shape index (κ2) is 16.0. The van der Waals surface area contributed by atoms with E-state index in [1.165, 1.54) is 43.5 Å². The van der Waals surface area contributed by atoms with Crippen LogP contribution in [0, 0.1) is 11.8 Å². The van der Waals surface area contributed by atoms with Crippen molar-refractivity contribution in [3.63, 3.8) is 0 Å². The van der Waals surface area contributed by atoms with Crippen LogP contribution in [0.15, 0.2) is 72.8 Å². The van der Waals surface area contributed by atoms with Crippen molar-refractivity contribution < 1.29 is 68.1 Å². The quantitative estimate of drug-likeness (QED) is 0.144. The van der Waals surface area contributed by atoms with Gasteiger partial charge in [-0.25, -0.2) is 4.79 Å². The topological polar surface area (TPSA) is 95.1 Å². The Balaban J connectivity index is 1.73. The van der Waals surface area contributed by atoms with Crippen LogP contribution in [-0.2, 0) is 21.5 Å². The summed E-state index contributed by atoms with van der Waals surface area (Å²) in [5, 5.41) is 4.01. The molecule has 1 aliphatic rings. The number of alkyl halides is 9. The molecule has 278 valence electrons. The molecule has 3 aromatic rings. The summed E-state index contributed by atoms with van der Waals surface area (Å²) in [6, 6.07) is 12.9. The molecular formula is C34H33F9N2O6. The molecule has 1 fully saturated rings. The van der Waals surface area contributed by atoms with Crippen molar-refractivity contribution in [3.05, 3.63) is 89.5 Å². The fourth-order valence-electron chi connectivity index (χ4n) is 5.94. The lowest BCUT2D eigenvalue weighted by Crippen LogP contribution is -2.53. The monoisotopic (exact) mass is 736 g/mol. The minimum Gasteiger partial charge on any atom is -0.493 e. The number of hydrogen-bond donors (Lipinski definition) is 2. The van der Waals surface area contributed by atoms with Gasteiger partial charge in [-0.2, -0.15) is 13.2 Å². The summed E-state index contributed by atoms with van der Waals surface area (Å²) < 4.78 is 137. The predicted octanol–water partition coefficient (Wildman–Crippen LogP) is 8.19. The first-order valence-electron chi connectivity index (χ1n) is 15.5. The van der Waals surface area contributed by atoms with E-state index in [0.29, 0.717) is 24.2 Å². The van der Waals surface area contributed by atoms with Crippen molar-refractivity contribution >= 4 is 12.0 Å². The second-order valence-corrected chi connectivity index (χ2v) is 11.9. The molecule has 0 bridgehead atoms. The molecule has 0 aliphatic heterocycles. The number of benzene rings is 3. The number of rotatable bonds is 12. The number of methoxy groups -OCH3 is 1. The van der Waals surface area contributed by atoms with E-state index < -0.39 is 54.9 Å². The van der Waals surface area contributed by atoms with Gasteiger partial charge in [-0.1, -0.05) is 42.8 Å². The molecule has 0 heterocycles. The minimum absolute atomic E-state index is 0.0620. The first kappa shape index (κ1) is 39.0. The van der Waals surface area contributed by atoms with E-state index in [-0.39, 0.29) is 35.5 Å². The van der Waals surface area contributed by atoms with E-state index in [1.807, 2.05) is 0 Å². The molecule has 0 aromatic heterocycles. The summed E-state index contributed by atoms with van der Waals surface area (Å²) in [6.45, 7) is -1.52. The maximum Gasteiger partial charge on any atom is 0.573 e. The molecule has 0 spiro atoms. The van der Waals surface area contributed by atoms with Gasteiger partial charge in [0.25, 0.3) is 0 Å². The summed E-state index contributed by atoms with van der Waals surface area (Å²) in [5.41, 5.74) is -2.15. The summed E-state index contributed by atoms with van der Waals surface area (Å²) in [7, 11) is 1.32. The Morgan fingerprint density at radius 2 is 1.33 bits per heavy atom. The third kappa shape index (κ3) is 11.9. The highest BCUT2D eigenvalue weighted by Gasteiger charge is 2.40. The van der Waals surface area contributed by atoms with Crippen molar-refractivity contribution in [1.29, 1.82) is 0 Å². The second-order valence-electron chi connectivity index (χ2n) is 11.9. The average Bonchev–Trinajstić information content (AvgIpc) is 3.05. The van der Waals surface area contributed by atoms with Crippen LogP contribution in [0.1, 0.15) is 42.4 Å². The van der Waals surface area contributed by atoms with Crippen molar-refractivity contribution in [1.82, 2.24) is 10.6 Å². The number of nitrogens with one attached hydrogen (secondary N) is 2. The molecule has 17 heteroatoms. The molecule has 1 saturated carbocycles. The highest BCUT2D eigenvalue weighted by Crippen LogP contribution is 2.39. The minimum atomic E-state index is -5.16. The molecule has 2 amide bonds. The van der Waals surface area contributed by atoms with Crippen molar-refractivity contribution in [3.8, 4) is 17.2 Å². The van der Waals surface area contributed by atoms with Gasteiger partial charge in [-0.05, 0) is 78.3 Å². The number of urea groups is 1. The molecule has 2 unspecified atom stereocenters. The summed E-state index contributed by atoms with van der Waals surface area (Å²) in [6.07, 6.45) is -12.7. The zero-order valence-corrected chi connectivity index (χ0v) is 26.9. The number of carbonyl (C=O) groups is 2. The fraction of sp³-hybridized carbons (Fsp3) is 0.412. The summed E-state index contributed by atoms with van der Waals surface area (Å²) in [5.74, 6) is -1.63. The van der Waals surface area contributed by atoms with E-state index in [0.717, 1.165) is 49.2 Å². The Bertz CT molecular complexity index is 1570. The lowest BCUT2D eigenvalue weighted by Gasteiger charge is -2.37. The van der Waals surface area contributed by atoms with Gasteiger partial charge in [0.1, 0.15) is 23.8 Å². The van der Waals surface area contributed by atoms with Crippen LogP contribution < -0.4 is 24.8 Å². The van der Waals surface area contributed by atoms with Crippen LogP contribution in [-0.4, -0.2) is 51.2 Å². The van der Waals surface area contributed by atoms with Gasteiger partial charge in [0, 0.05) is 6.42 Å². The maximum atomic E-state index is 13.2. The largest absolute Gasteiger partial charge is 0.573 e. The average molecular weight is 737 g/mol. The van der Waals surface area contributed by atoms with Crippen molar-refractivity contribution in [2.75, 3.05) is 20.3 Å². The number of amides is 2. The molecule has 8 nitrogen and oxygen atoms in total. The standard InChI is InChI=1S/C34H33F9N2O6/c1-48-29(46)23-6-2-5-22(15-23)19-49-26-13-11-21(12-14-26)18-31(45-30(47)44-20-32(35,36)37,24-7-3-9-27(16-24)50-33(38,39)40)25-8-4-10-28(17-25)51-34(41,42)43/h3-4,7-14,16-17,22-23H,2,5-6,15,18-20H2,1H3,(H2,44,45,47). The third-order valence-corrected chi connectivity index (χ3v) is 8.09. The zero-order chi connectivity index (χ0) is 37.5. The van der Waals surface area contributed by atoms with Crippen LogP contribution in [0.5, 0.6) is 17.2 Å². The first-order valence-corrected chi connectivity index (χ1v) is 15.5. The SMILES string of the molecule is COC(=O)C1CCCC(COc2ccc(CC(NC(=O)NCC(F)(F)F)(c3cccc(OC(F)(F)F)c3)c3cccc(OC(F)(F)F)c3)cc2)C1. The molecule has 2 atom stereocenters. The first-order chi connectivity index (χ1) is 23.8. The van der Waals surface area contributed by atoms with E-state index in [9.17, 15) is 49.1 Å². The smallest absolute Gasteiger partial charge is 0.493 e. The lowest BCUT2D eigenvalue weighted by atomic mass is 9.77.